The lowest BCUT2D eigenvalue weighted by molar-refractivity contribution is -0.187. The van der Waals surface area contributed by atoms with Gasteiger partial charge in [0.15, 0.2) is 0 Å². The van der Waals surface area contributed by atoms with Gasteiger partial charge in [-0.15, -0.1) is 24.8 Å². The standard InChI is InChI=1S/C13H13F4N3.2ClH/c14-11-2-1-9(7-10(11)8-18)12(13(15,16)17)20-5-3-19-4-6-20;;/h1-2,7,12,19H,3-6H2;2*1H/t12-;;/m0../s1. The summed E-state index contributed by atoms with van der Waals surface area (Å²) >= 11 is 0. The number of hydrogen-bond acceptors (Lipinski definition) is 3. The third-order valence-electron chi connectivity index (χ3n) is 3.25. The number of nitriles is 1. The van der Waals surface area contributed by atoms with Crippen LogP contribution >= 0.6 is 24.8 Å². The van der Waals surface area contributed by atoms with Crippen molar-refractivity contribution in [1.82, 2.24) is 10.2 Å². The lowest BCUT2D eigenvalue weighted by Gasteiger charge is -2.36. The largest absolute Gasteiger partial charge is 0.408 e. The van der Waals surface area contributed by atoms with Crippen LogP contribution in [-0.4, -0.2) is 37.3 Å². The topological polar surface area (TPSA) is 39.1 Å². The number of rotatable bonds is 2. The van der Waals surface area contributed by atoms with Gasteiger partial charge in [0.1, 0.15) is 17.9 Å². The zero-order valence-corrected chi connectivity index (χ0v) is 13.0. The Morgan fingerprint density at radius 2 is 1.77 bits per heavy atom. The summed E-state index contributed by atoms with van der Waals surface area (Å²) in [5, 5.41) is 11.7. The predicted octanol–water partition coefficient (Wildman–Crippen LogP) is 3.05. The lowest BCUT2D eigenvalue weighted by atomic mass is 10.0. The summed E-state index contributed by atoms with van der Waals surface area (Å²) in [4.78, 5) is 1.30. The molecule has 0 amide bonds. The molecule has 0 aromatic heterocycles. The first-order valence-electron chi connectivity index (χ1n) is 6.14. The molecule has 1 N–H and O–H groups in total. The molecule has 22 heavy (non-hydrogen) atoms. The molecule has 0 spiro atoms. The minimum Gasteiger partial charge on any atom is -0.314 e. The smallest absolute Gasteiger partial charge is 0.314 e. The van der Waals surface area contributed by atoms with Gasteiger partial charge in [-0.05, 0) is 17.7 Å². The van der Waals surface area contributed by atoms with Crippen LogP contribution in [0.25, 0.3) is 0 Å². The molecule has 9 heteroatoms. The monoisotopic (exact) mass is 359 g/mol. The van der Waals surface area contributed by atoms with Gasteiger partial charge in [0.25, 0.3) is 0 Å². The first-order chi connectivity index (χ1) is 9.43. The van der Waals surface area contributed by atoms with Gasteiger partial charge in [0.2, 0.25) is 0 Å². The average molecular weight is 360 g/mol. The van der Waals surface area contributed by atoms with Crippen LogP contribution in [0, 0.1) is 17.1 Å². The van der Waals surface area contributed by atoms with E-state index in [1.54, 1.807) is 6.07 Å². The predicted molar refractivity (Wildman–Crippen MR) is 78.8 cm³/mol. The van der Waals surface area contributed by atoms with E-state index in [0.29, 0.717) is 13.1 Å². The molecule has 1 fully saturated rings. The van der Waals surface area contributed by atoms with Crippen LogP contribution in [0.3, 0.4) is 0 Å². The number of hydrogen-bond donors (Lipinski definition) is 1. The van der Waals surface area contributed by atoms with E-state index in [0.717, 1.165) is 18.2 Å². The van der Waals surface area contributed by atoms with Crippen molar-refractivity contribution in [3.05, 3.63) is 35.1 Å². The zero-order valence-electron chi connectivity index (χ0n) is 11.4. The van der Waals surface area contributed by atoms with E-state index < -0.39 is 18.0 Å². The van der Waals surface area contributed by atoms with Crippen LogP contribution < -0.4 is 5.32 Å². The maximum absolute atomic E-state index is 13.3. The third-order valence-corrected chi connectivity index (χ3v) is 3.25. The molecule has 0 aliphatic carbocycles. The summed E-state index contributed by atoms with van der Waals surface area (Å²) in [6.07, 6.45) is -4.47. The van der Waals surface area contributed by atoms with Crippen LogP contribution in [0.5, 0.6) is 0 Å². The molecule has 3 nitrogen and oxygen atoms in total. The number of nitrogens with zero attached hydrogens (tertiary/aromatic N) is 2. The molecule has 1 aliphatic heterocycles. The Hall–Kier alpha value is -1.07. The highest BCUT2D eigenvalue weighted by molar-refractivity contribution is 5.85. The first-order valence-corrected chi connectivity index (χ1v) is 6.14. The summed E-state index contributed by atoms with van der Waals surface area (Å²) in [6.45, 7) is 1.45. The molecule has 1 heterocycles. The van der Waals surface area contributed by atoms with Crippen LogP contribution in [0.1, 0.15) is 17.2 Å². The number of piperazine rings is 1. The molecule has 1 aromatic carbocycles. The minimum absolute atomic E-state index is 0. The van der Waals surface area contributed by atoms with Crippen molar-refractivity contribution in [1.29, 1.82) is 5.26 Å². The van der Waals surface area contributed by atoms with Crippen LogP contribution in [0.15, 0.2) is 18.2 Å². The van der Waals surface area contributed by atoms with Gasteiger partial charge in [0.05, 0.1) is 5.56 Å². The fourth-order valence-corrected chi connectivity index (χ4v) is 2.35. The van der Waals surface area contributed by atoms with Crippen molar-refractivity contribution < 1.29 is 17.6 Å². The number of halogens is 6. The minimum atomic E-state index is -4.47. The normalized spacial score (nSPS) is 16.9. The fourth-order valence-electron chi connectivity index (χ4n) is 2.35. The van der Waals surface area contributed by atoms with Gasteiger partial charge in [-0.1, -0.05) is 6.07 Å². The fraction of sp³-hybridized carbons (Fsp3) is 0.462. The second-order valence-corrected chi connectivity index (χ2v) is 4.58. The van der Waals surface area contributed by atoms with E-state index >= 15 is 0 Å². The first kappa shape index (κ1) is 20.9. The molecular formula is C13H15Cl2F4N3. The highest BCUT2D eigenvalue weighted by Crippen LogP contribution is 2.38. The van der Waals surface area contributed by atoms with Crippen molar-refractivity contribution in [2.45, 2.75) is 12.2 Å². The molecule has 0 saturated carbocycles. The van der Waals surface area contributed by atoms with Crippen LogP contribution in [0.4, 0.5) is 17.6 Å². The molecule has 1 aliphatic rings. The molecule has 0 radical (unpaired) electrons. The Bertz CT molecular complexity index is 525. The SMILES string of the molecule is Cl.Cl.N#Cc1cc([C@H](N2CCNCC2)C(F)(F)F)ccc1F. The Kier molecular flexibility index (Phi) is 8.12. The van der Waals surface area contributed by atoms with Crippen molar-refractivity contribution in [2.24, 2.45) is 0 Å². The van der Waals surface area contributed by atoms with E-state index in [2.05, 4.69) is 5.32 Å². The molecular weight excluding hydrogens is 345 g/mol. The molecule has 2 rings (SSSR count). The van der Waals surface area contributed by atoms with E-state index in [-0.39, 0.29) is 49.0 Å². The Balaban J connectivity index is 0.00000220. The number of nitrogens with one attached hydrogen (secondary N) is 1. The molecule has 124 valence electrons. The summed E-state index contributed by atoms with van der Waals surface area (Å²) in [7, 11) is 0. The van der Waals surface area contributed by atoms with Gasteiger partial charge >= 0.3 is 6.18 Å². The molecule has 1 atom stereocenters. The van der Waals surface area contributed by atoms with E-state index in [1.807, 2.05) is 0 Å². The van der Waals surface area contributed by atoms with Crippen molar-refractivity contribution in [3.63, 3.8) is 0 Å². The Morgan fingerprint density at radius 1 is 1.18 bits per heavy atom. The molecule has 0 unspecified atom stereocenters. The van der Waals surface area contributed by atoms with Gasteiger partial charge in [-0.2, -0.15) is 18.4 Å². The quantitative estimate of drug-likeness (QED) is 0.825. The van der Waals surface area contributed by atoms with Crippen molar-refractivity contribution in [2.75, 3.05) is 26.2 Å². The van der Waals surface area contributed by atoms with Gasteiger partial charge in [-0.25, -0.2) is 4.39 Å². The lowest BCUT2D eigenvalue weighted by Crippen LogP contribution is -2.49. The zero-order chi connectivity index (χ0) is 14.8. The third kappa shape index (κ3) is 4.71. The van der Waals surface area contributed by atoms with E-state index in [4.69, 9.17) is 5.26 Å². The van der Waals surface area contributed by atoms with Crippen molar-refractivity contribution in [3.8, 4) is 6.07 Å². The summed E-state index contributed by atoms with van der Waals surface area (Å²) < 4.78 is 53.1. The van der Waals surface area contributed by atoms with Crippen LogP contribution in [-0.2, 0) is 0 Å². The maximum atomic E-state index is 13.3. The number of alkyl halides is 3. The summed E-state index contributed by atoms with van der Waals surface area (Å²) in [5.41, 5.74) is -0.468. The van der Waals surface area contributed by atoms with Crippen LogP contribution in [0.2, 0.25) is 0 Å². The Morgan fingerprint density at radius 3 is 2.27 bits per heavy atom. The molecule has 1 saturated heterocycles. The molecule has 0 bridgehead atoms. The second kappa shape index (κ2) is 8.53. The highest BCUT2D eigenvalue weighted by atomic mass is 35.5. The van der Waals surface area contributed by atoms with E-state index in [9.17, 15) is 17.6 Å². The average Bonchev–Trinajstić information content (AvgIpc) is 2.40. The van der Waals surface area contributed by atoms with E-state index in [1.165, 1.54) is 4.90 Å². The van der Waals surface area contributed by atoms with Gasteiger partial charge in [-0.3, -0.25) is 4.90 Å². The second-order valence-electron chi connectivity index (χ2n) is 4.58. The summed E-state index contributed by atoms with van der Waals surface area (Å²) in [6, 6.07) is 2.75. The maximum Gasteiger partial charge on any atom is 0.408 e. The van der Waals surface area contributed by atoms with Crippen molar-refractivity contribution >= 4 is 24.8 Å². The highest BCUT2D eigenvalue weighted by Gasteiger charge is 2.45. The number of benzene rings is 1. The van der Waals surface area contributed by atoms with Gasteiger partial charge < -0.3 is 5.32 Å². The molecule has 1 aromatic rings. The van der Waals surface area contributed by atoms with Gasteiger partial charge in [0, 0.05) is 26.2 Å². The Labute approximate surface area is 138 Å². The summed E-state index contributed by atoms with van der Waals surface area (Å²) in [5.74, 6) is -0.808.